The fourth-order valence-electron chi connectivity index (χ4n) is 9.34. The Balaban J connectivity index is 2.83. The molecule has 5 unspecified atom stereocenters. The van der Waals surface area contributed by atoms with E-state index in [0.29, 0.717) is 76.3 Å². The van der Waals surface area contributed by atoms with Gasteiger partial charge in [0.1, 0.15) is 26.4 Å². The molecule has 0 bridgehead atoms. The first-order valence-corrected chi connectivity index (χ1v) is 41.3. The Morgan fingerprint density at radius 1 is 0.608 bits per heavy atom. The number of cyclic esters (lactones) is 2. The Morgan fingerprint density at radius 3 is 1.62 bits per heavy atom. The molecule has 0 spiro atoms. The molecule has 0 aromatic heterocycles. The lowest BCUT2D eigenvalue weighted by Gasteiger charge is -2.38. The van der Waals surface area contributed by atoms with Gasteiger partial charge >= 0.3 is 23.9 Å². The highest BCUT2D eigenvalue weighted by molar-refractivity contribution is 8.77. The van der Waals surface area contributed by atoms with Crippen molar-refractivity contribution in [3.8, 4) is 0 Å². The van der Waals surface area contributed by atoms with Gasteiger partial charge in [0.15, 0.2) is 0 Å². The van der Waals surface area contributed by atoms with E-state index < -0.39 is 0 Å². The summed E-state index contributed by atoms with van der Waals surface area (Å²) in [6.07, 6.45) is 28.6. The van der Waals surface area contributed by atoms with Crippen molar-refractivity contribution in [3.63, 3.8) is 0 Å². The Bertz CT molecular complexity index is 1420. The van der Waals surface area contributed by atoms with Crippen molar-refractivity contribution in [2.75, 3.05) is 112 Å². The molecule has 0 N–H and O–H groups in total. The van der Waals surface area contributed by atoms with Gasteiger partial charge < -0.3 is 28.7 Å². The summed E-state index contributed by atoms with van der Waals surface area (Å²) < 4.78 is 22.9. The zero-order valence-electron chi connectivity index (χ0n) is 51.3. The van der Waals surface area contributed by atoms with Crippen molar-refractivity contribution in [1.29, 1.82) is 0 Å². The van der Waals surface area contributed by atoms with Crippen LogP contribution in [0.3, 0.4) is 0 Å². The van der Waals surface area contributed by atoms with Crippen molar-refractivity contribution in [1.82, 2.24) is 9.80 Å². The maximum atomic E-state index is 13.1. The molecule has 0 aliphatic carbocycles. The van der Waals surface area contributed by atoms with Crippen LogP contribution in [0.5, 0.6) is 0 Å². The highest BCUT2D eigenvalue weighted by Gasteiger charge is 2.34. The lowest BCUT2D eigenvalue weighted by atomic mass is 9.73. The Morgan fingerprint density at radius 2 is 1.10 bits per heavy atom. The van der Waals surface area contributed by atoms with Crippen LogP contribution in [-0.2, 0) is 38.1 Å². The predicted octanol–water partition coefficient (Wildman–Crippen LogP) is 18.1. The van der Waals surface area contributed by atoms with Gasteiger partial charge in [-0.3, -0.25) is 19.2 Å². The second kappa shape index (κ2) is 55.2. The lowest BCUT2D eigenvalue weighted by Crippen LogP contribution is -2.33. The van der Waals surface area contributed by atoms with Crippen molar-refractivity contribution in [3.05, 3.63) is 0 Å². The normalized spacial score (nSPS) is 19.3. The Kier molecular flexibility index (Phi) is 54.2. The molecule has 0 amide bonds. The van der Waals surface area contributed by atoms with Gasteiger partial charge in [-0.05, 0) is 80.7 Å². The summed E-state index contributed by atoms with van der Waals surface area (Å²) >= 11 is 0. The minimum absolute atomic E-state index is 0.195. The molecule has 5 atom stereocenters. The molecule has 1 rings (SSSR count). The average Bonchev–Trinajstić information content (AvgIpc) is 3.43. The van der Waals surface area contributed by atoms with Crippen LogP contribution in [0.1, 0.15) is 222 Å². The summed E-state index contributed by atoms with van der Waals surface area (Å²) in [4.78, 5) is 56.6. The van der Waals surface area contributed by atoms with Crippen LogP contribution in [0.4, 0.5) is 0 Å². The molecule has 10 nitrogen and oxygen atoms in total. The third kappa shape index (κ3) is 47.4. The zero-order valence-corrected chi connectivity index (χ0v) is 57.9. The van der Waals surface area contributed by atoms with Gasteiger partial charge in [0.05, 0.1) is 25.7 Å². The highest BCUT2D eigenvalue weighted by Crippen LogP contribution is 2.45. The third-order valence-corrected chi connectivity index (χ3v) is 25.2. The molecule has 0 aromatic rings. The number of ether oxygens (including phenoxy) is 4. The summed E-state index contributed by atoms with van der Waals surface area (Å²) in [5.41, 5.74) is 0.243. The quantitative estimate of drug-likeness (QED) is 0.0249. The first-order chi connectivity index (χ1) is 38.3. The third-order valence-electron chi connectivity index (χ3n) is 14.9. The summed E-state index contributed by atoms with van der Waals surface area (Å²) in [6, 6.07) is 0. The number of rotatable bonds is 44. The number of hydrogen-bond donors (Lipinski definition) is 0. The van der Waals surface area contributed by atoms with E-state index in [0.717, 1.165) is 72.0 Å². The second-order valence-electron chi connectivity index (χ2n) is 22.6. The molecule has 1 fully saturated rings. The summed E-state index contributed by atoms with van der Waals surface area (Å²) in [6.45, 7) is 23.6. The van der Waals surface area contributed by atoms with Crippen molar-refractivity contribution in [2.45, 2.75) is 222 Å². The Labute approximate surface area is 517 Å². The fraction of sp³-hybridized carbons (Fsp3) is 0.934. The van der Waals surface area contributed by atoms with Crippen molar-refractivity contribution in [2.24, 2.45) is 29.1 Å². The van der Waals surface area contributed by atoms with Gasteiger partial charge in [-0.15, -0.1) is 0 Å². The first kappa shape index (κ1) is 77.6. The van der Waals surface area contributed by atoms with Gasteiger partial charge in [0, 0.05) is 72.2 Å². The summed E-state index contributed by atoms with van der Waals surface area (Å²) in [5.74, 6) is 9.10. The van der Waals surface area contributed by atoms with E-state index in [2.05, 4.69) is 65.2 Å². The number of carbonyl (C=O) groups is 4. The molecule has 1 aliphatic rings. The van der Waals surface area contributed by atoms with E-state index in [-0.39, 0.29) is 55.0 Å². The van der Waals surface area contributed by atoms with Gasteiger partial charge in [-0.1, -0.05) is 244 Å². The van der Waals surface area contributed by atoms with E-state index in [1.165, 1.54) is 128 Å². The maximum Gasteiger partial charge on any atom is 0.307 e. The molecule has 0 saturated carbocycles. The number of esters is 4. The van der Waals surface area contributed by atoms with Gasteiger partial charge in [0.2, 0.25) is 0 Å². The molecule has 18 heteroatoms. The molecule has 1 heterocycles. The second-order valence-corrected chi connectivity index (χ2v) is 33.0. The van der Waals surface area contributed by atoms with Gasteiger partial charge in [0.25, 0.3) is 0 Å². The van der Waals surface area contributed by atoms with Crippen LogP contribution >= 0.6 is 86.4 Å². The molecule has 1 aliphatic heterocycles. The number of nitrogens with zero attached hydrogens (tertiary/aromatic N) is 2. The SMILES string of the molecule is CCCCCCC(C)CSSCCOC(=O)CCN(CCC(=O)OCCSSCC(C)CCCCCC)CCC(C)CCN1CCC(=O)OCCSSCC(CCCCCC)C(C)(CCCCCC)CSSCCOC(=O)CC1. The highest BCUT2D eigenvalue weighted by atomic mass is 33.1. The van der Waals surface area contributed by atoms with Gasteiger partial charge in [-0.2, -0.15) is 0 Å². The molecule has 0 radical (unpaired) electrons. The topological polar surface area (TPSA) is 112 Å². The number of unbranched alkanes of at least 4 members (excludes halogenated alkanes) is 12. The van der Waals surface area contributed by atoms with Crippen LogP contribution in [0, 0.1) is 29.1 Å². The molecular weight excluding hydrogens is 1150 g/mol. The van der Waals surface area contributed by atoms with Crippen molar-refractivity contribution < 1.29 is 38.1 Å². The minimum Gasteiger partial charge on any atom is -0.465 e. The van der Waals surface area contributed by atoms with Crippen molar-refractivity contribution >= 4 is 110 Å². The lowest BCUT2D eigenvalue weighted by molar-refractivity contribution is -0.145. The van der Waals surface area contributed by atoms with Crippen LogP contribution < -0.4 is 0 Å². The number of hydrogen-bond acceptors (Lipinski definition) is 18. The van der Waals surface area contributed by atoms with Crippen LogP contribution in [0.15, 0.2) is 0 Å². The Hall–Kier alpha value is 0.600. The maximum absolute atomic E-state index is 13.1. The average molecular weight is 1260 g/mol. The van der Waals surface area contributed by atoms with E-state index in [1.807, 2.05) is 64.8 Å². The van der Waals surface area contributed by atoms with E-state index in [4.69, 9.17) is 18.9 Å². The molecular formula is C61H116N2O8S8. The largest absolute Gasteiger partial charge is 0.465 e. The smallest absolute Gasteiger partial charge is 0.307 e. The van der Waals surface area contributed by atoms with Crippen LogP contribution in [-0.4, -0.2) is 145 Å². The molecule has 79 heavy (non-hydrogen) atoms. The molecule has 466 valence electrons. The monoisotopic (exact) mass is 1260 g/mol. The molecule has 0 aromatic carbocycles. The molecule has 1 saturated heterocycles. The van der Waals surface area contributed by atoms with Gasteiger partial charge in [-0.25, -0.2) is 0 Å². The first-order valence-electron chi connectivity index (χ1n) is 31.4. The van der Waals surface area contributed by atoms with Crippen LogP contribution in [0.2, 0.25) is 0 Å². The summed E-state index contributed by atoms with van der Waals surface area (Å²) in [7, 11) is 14.9. The fourth-order valence-corrected chi connectivity index (χ4v) is 19.0. The van der Waals surface area contributed by atoms with E-state index >= 15 is 0 Å². The standard InChI is InChI=1S/C61H116N2O8S8/c1-9-13-17-21-25-54(6)49-76-72-45-41-68-57(64)30-37-62(38-31-58(65)69-42-46-73-77-50-55(7)26-22-18-14-10-2)35-28-53(5)29-36-63-39-32-59(66)70-43-47-74-78-51-56(27-23-19-15-11-3)61(8,34-24-20-16-12-4)52-79-75-48-44-71-60(67)33-40-63/h53-56H,9-52H2,1-8H3. The predicted molar refractivity (Wildman–Crippen MR) is 358 cm³/mol. The van der Waals surface area contributed by atoms with E-state index in [1.54, 1.807) is 21.6 Å². The van der Waals surface area contributed by atoms with E-state index in [9.17, 15) is 19.2 Å². The zero-order chi connectivity index (χ0) is 57.9. The number of carbonyl (C=O) groups excluding carboxylic acids is 4. The summed E-state index contributed by atoms with van der Waals surface area (Å²) in [5, 5.41) is 0. The minimum atomic E-state index is -0.203. The van der Waals surface area contributed by atoms with Crippen LogP contribution in [0.25, 0.3) is 0 Å².